The minimum absolute atomic E-state index is 0.108. The molecule has 0 aliphatic heterocycles. The number of rotatable bonds is 5. The first kappa shape index (κ1) is 18.0. The predicted molar refractivity (Wildman–Crippen MR) is 99.9 cm³/mol. The molecule has 0 saturated carbocycles. The Bertz CT molecular complexity index is 805. The van der Waals surface area contributed by atoms with Crippen molar-refractivity contribution in [2.24, 2.45) is 0 Å². The third-order valence-corrected chi connectivity index (χ3v) is 6.64. The number of anilines is 1. The summed E-state index contributed by atoms with van der Waals surface area (Å²) in [6.07, 6.45) is 7.09. The van der Waals surface area contributed by atoms with Gasteiger partial charge in [-0.15, -0.1) is 21.5 Å². The Morgan fingerprint density at radius 3 is 3.04 bits per heavy atom. The van der Waals surface area contributed by atoms with Crippen molar-refractivity contribution in [2.75, 3.05) is 5.32 Å². The molecule has 25 heavy (non-hydrogen) atoms. The lowest BCUT2D eigenvalue weighted by molar-refractivity contribution is -0.115. The lowest BCUT2D eigenvalue weighted by atomic mass is 10.1. The summed E-state index contributed by atoms with van der Waals surface area (Å²) in [4.78, 5) is 13.9. The minimum atomic E-state index is -0.317. The molecule has 1 aliphatic rings. The molecule has 2 heterocycles. The number of hydrogen-bond acceptors (Lipinski definition) is 6. The number of amides is 1. The van der Waals surface area contributed by atoms with Crippen LogP contribution >= 0.6 is 23.1 Å². The van der Waals surface area contributed by atoms with Crippen molar-refractivity contribution < 1.29 is 4.79 Å². The summed E-state index contributed by atoms with van der Waals surface area (Å²) in [6, 6.07) is 2.30. The van der Waals surface area contributed by atoms with Crippen molar-refractivity contribution in [3.05, 3.63) is 22.3 Å². The van der Waals surface area contributed by atoms with Crippen molar-refractivity contribution in [3.8, 4) is 6.07 Å². The summed E-state index contributed by atoms with van der Waals surface area (Å²) in [5, 5.41) is 21.6. The Labute approximate surface area is 155 Å². The van der Waals surface area contributed by atoms with E-state index in [0.29, 0.717) is 10.6 Å². The van der Waals surface area contributed by atoms with Gasteiger partial charge in [-0.3, -0.25) is 4.79 Å². The van der Waals surface area contributed by atoms with E-state index in [2.05, 4.69) is 21.6 Å². The maximum absolute atomic E-state index is 12.6. The van der Waals surface area contributed by atoms with Crippen molar-refractivity contribution in [2.45, 2.75) is 62.9 Å². The van der Waals surface area contributed by atoms with Gasteiger partial charge in [-0.1, -0.05) is 18.2 Å². The summed E-state index contributed by atoms with van der Waals surface area (Å²) < 4.78 is 1.91. The van der Waals surface area contributed by atoms with Crippen LogP contribution in [0.2, 0.25) is 0 Å². The standard InChI is InChI=1S/C17H21N5OS2/c1-3-22-10-19-21-17(22)24-11(2)15(23)20-16-13(9-18)12-7-5-4-6-8-14(12)25-16/h10-11H,3-8H2,1-2H3,(H,20,23)/t11-/m0/s1. The Hall–Kier alpha value is -1.85. The number of carbonyl (C=O) groups excluding carboxylic acids is 1. The van der Waals surface area contributed by atoms with Crippen LogP contribution in [0.5, 0.6) is 0 Å². The van der Waals surface area contributed by atoms with Crippen LogP contribution in [0, 0.1) is 11.3 Å². The number of aryl methyl sites for hydroxylation is 2. The van der Waals surface area contributed by atoms with Gasteiger partial charge >= 0.3 is 0 Å². The van der Waals surface area contributed by atoms with Gasteiger partial charge in [0.2, 0.25) is 5.91 Å². The van der Waals surface area contributed by atoms with Crippen LogP contribution in [0.1, 0.15) is 49.1 Å². The van der Waals surface area contributed by atoms with Crippen LogP contribution in [0.4, 0.5) is 5.00 Å². The molecule has 0 saturated heterocycles. The molecule has 1 N–H and O–H groups in total. The zero-order chi connectivity index (χ0) is 17.8. The molecule has 1 aliphatic carbocycles. The SMILES string of the molecule is CCn1cnnc1S[C@@H](C)C(=O)Nc1sc2c(c1C#N)CCCCC2. The second-order valence-electron chi connectivity index (χ2n) is 6.03. The van der Waals surface area contributed by atoms with Gasteiger partial charge in [-0.25, -0.2) is 0 Å². The molecule has 0 fully saturated rings. The second kappa shape index (κ2) is 8.02. The molecule has 0 bridgehead atoms. The van der Waals surface area contributed by atoms with Crippen molar-refractivity contribution in [1.82, 2.24) is 14.8 Å². The van der Waals surface area contributed by atoms with Gasteiger partial charge in [0, 0.05) is 11.4 Å². The molecule has 132 valence electrons. The number of carbonyl (C=O) groups is 1. The molecule has 0 aromatic carbocycles. The van der Waals surface area contributed by atoms with Gasteiger partial charge in [0.05, 0.1) is 10.8 Å². The summed E-state index contributed by atoms with van der Waals surface area (Å²) in [5.74, 6) is -0.108. The number of aromatic nitrogens is 3. The number of hydrogen-bond donors (Lipinski definition) is 1. The number of nitrogens with one attached hydrogen (secondary N) is 1. The van der Waals surface area contributed by atoms with E-state index in [1.54, 1.807) is 17.7 Å². The van der Waals surface area contributed by atoms with E-state index in [-0.39, 0.29) is 11.2 Å². The monoisotopic (exact) mass is 375 g/mol. The molecule has 3 rings (SSSR count). The van der Waals surface area contributed by atoms with Gasteiger partial charge in [0.1, 0.15) is 17.4 Å². The Morgan fingerprint density at radius 2 is 2.28 bits per heavy atom. The zero-order valence-electron chi connectivity index (χ0n) is 14.4. The van der Waals surface area contributed by atoms with Crippen LogP contribution in [-0.2, 0) is 24.2 Å². The van der Waals surface area contributed by atoms with Crippen molar-refractivity contribution in [3.63, 3.8) is 0 Å². The van der Waals surface area contributed by atoms with Gasteiger partial charge in [-0.05, 0) is 45.1 Å². The number of nitrogens with zero attached hydrogens (tertiary/aromatic N) is 4. The Morgan fingerprint density at radius 1 is 1.48 bits per heavy atom. The van der Waals surface area contributed by atoms with Crippen molar-refractivity contribution >= 4 is 34.0 Å². The Kier molecular flexibility index (Phi) is 5.76. The van der Waals surface area contributed by atoms with Gasteiger partial charge in [0.25, 0.3) is 0 Å². The van der Waals surface area contributed by atoms with Gasteiger partial charge < -0.3 is 9.88 Å². The van der Waals surface area contributed by atoms with Gasteiger partial charge in [0.15, 0.2) is 5.16 Å². The quantitative estimate of drug-likeness (QED) is 0.637. The minimum Gasteiger partial charge on any atom is -0.316 e. The van der Waals surface area contributed by atoms with E-state index in [1.807, 2.05) is 18.4 Å². The highest BCUT2D eigenvalue weighted by Gasteiger charge is 2.23. The average molecular weight is 376 g/mol. The number of thiophene rings is 1. The fourth-order valence-electron chi connectivity index (χ4n) is 2.93. The van der Waals surface area contributed by atoms with Crippen molar-refractivity contribution in [1.29, 1.82) is 5.26 Å². The van der Waals surface area contributed by atoms with E-state index in [4.69, 9.17) is 0 Å². The molecule has 0 spiro atoms. The molecule has 8 heteroatoms. The third-order valence-electron chi connectivity index (χ3n) is 4.34. The fraction of sp³-hybridized carbons (Fsp3) is 0.529. The molecule has 2 aromatic heterocycles. The van der Waals surface area contributed by atoms with Gasteiger partial charge in [-0.2, -0.15) is 5.26 Å². The average Bonchev–Trinajstić information content (AvgIpc) is 3.11. The van der Waals surface area contributed by atoms with E-state index in [9.17, 15) is 10.1 Å². The third kappa shape index (κ3) is 3.88. The maximum atomic E-state index is 12.6. The smallest absolute Gasteiger partial charge is 0.238 e. The lowest BCUT2D eigenvalue weighted by Crippen LogP contribution is -2.22. The molecule has 2 aromatic rings. The normalized spacial score (nSPS) is 15.1. The first-order valence-electron chi connectivity index (χ1n) is 8.54. The highest BCUT2D eigenvalue weighted by atomic mass is 32.2. The van der Waals surface area contributed by atoms with E-state index < -0.39 is 0 Å². The highest BCUT2D eigenvalue weighted by Crippen LogP contribution is 2.37. The van der Waals surface area contributed by atoms with Crippen LogP contribution in [-0.4, -0.2) is 25.9 Å². The molecule has 0 unspecified atom stereocenters. The molecular weight excluding hydrogens is 354 g/mol. The molecule has 6 nitrogen and oxygen atoms in total. The molecular formula is C17H21N5OS2. The molecule has 1 amide bonds. The summed E-state index contributed by atoms with van der Waals surface area (Å²) in [5.41, 5.74) is 1.80. The zero-order valence-corrected chi connectivity index (χ0v) is 16.0. The van der Waals surface area contributed by atoms with E-state index in [0.717, 1.165) is 42.9 Å². The number of fused-ring (bicyclic) bond motifs is 1. The topological polar surface area (TPSA) is 83.6 Å². The van der Waals surface area contributed by atoms with Crippen LogP contribution in [0.25, 0.3) is 0 Å². The van der Waals surface area contributed by atoms with Crippen LogP contribution in [0.15, 0.2) is 11.5 Å². The summed E-state index contributed by atoms with van der Waals surface area (Å²) in [6.45, 7) is 4.62. The fourth-order valence-corrected chi connectivity index (χ4v) is 5.06. The second-order valence-corrected chi connectivity index (χ2v) is 8.44. The molecule has 0 radical (unpaired) electrons. The van der Waals surface area contributed by atoms with E-state index in [1.165, 1.54) is 23.1 Å². The lowest BCUT2D eigenvalue weighted by Gasteiger charge is -2.11. The maximum Gasteiger partial charge on any atom is 0.238 e. The Balaban J connectivity index is 1.73. The van der Waals surface area contributed by atoms with Crippen LogP contribution in [0.3, 0.4) is 0 Å². The first-order valence-corrected chi connectivity index (χ1v) is 10.2. The summed E-state index contributed by atoms with van der Waals surface area (Å²) in [7, 11) is 0. The number of thioether (sulfide) groups is 1. The van der Waals surface area contributed by atoms with Crippen LogP contribution < -0.4 is 5.32 Å². The predicted octanol–water partition coefficient (Wildman–Crippen LogP) is 3.62. The highest BCUT2D eigenvalue weighted by molar-refractivity contribution is 8.00. The largest absolute Gasteiger partial charge is 0.316 e. The molecule has 1 atom stereocenters. The summed E-state index contributed by atoms with van der Waals surface area (Å²) >= 11 is 2.94. The van der Waals surface area contributed by atoms with E-state index >= 15 is 0 Å². The first-order chi connectivity index (χ1) is 12.1. The number of nitriles is 1.